The summed E-state index contributed by atoms with van der Waals surface area (Å²) in [6, 6.07) is 3.99. The van der Waals surface area contributed by atoms with Gasteiger partial charge in [-0.05, 0) is 32.0 Å². The van der Waals surface area contributed by atoms with Gasteiger partial charge in [0.1, 0.15) is 17.8 Å². The van der Waals surface area contributed by atoms with Gasteiger partial charge in [0, 0.05) is 32.1 Å². The molecule has 2 aromatic rings. The van der Waals surface area contributed by atoms with Gasteiger partial charge in [-0.3, -0.25) is 10.1 Å². The SMILES string of the molecule is CNS(=O)(=O)c1ccc(N2CCCC(c3nncn3C)C2)c([N+](=O)[O-])c1. The molecule has 10 nitrogen and oxygen atoms in total. The topological polar surface area (TPSA) is 123 Å². The molecule has 0 amide bonds. The van der Waals surface area contributed by atoms with E-state index in [4.69, 9.17) is 0 Å². The van der Waals surface area contributed by atoms with E-state index in [1.54, 1.807) is 6.33 Å². The summed E-state index contributed by atoms with van der Waals surface area (Å²) in [5.41, 5.74) is 0.192. The lowest BCUT2D eigenvalue weighted by Crippen LogP contribution is -2.35. The summed E-state index contributed by atoms with van der Waals surface area (Å²) in [6.45, 7) is 1.22. The number of aromatic nitrogens is 3. The molecule has 0 radical (unpaired) electrons. The van der Waals surface area contributed by atoms with E-state index in [0.717, 1.165) is 24.7 Å². The van der Waals surface area contributed by atoms with Crippen molar-refractivity contribution in [2.45, 2.75) is 23.7 Å². The molecular weight excluding hydrogens is 360 g/mol. The molecule has 1 aliphatic rings. The number of nitro groups is 1. The van der Waals surface area contributed by atoms with E-state index in [0.29, 0.717) is 18.8 Å². The predicted molar refractivity (Wildman–Crippen MR) is 94.5 cm³/mol. The lowest BCUT2D eigenvalue weighted by Gasteiger charge is -2.33. The Hall–Kier alpha value is -2.53. The van der Waals surface area contributed by atoms with Crippen molar-refractivity contribution in [1.29, 1.82) is 0 Å². The van der Waals surface area contributed by atoms with E-state index >= 15 is 0 Å². The summed E-state index contributed by atoms with van der Waals surface area (Å²) in [5, 5.41) is 19.6. The Morgan fingerprint density at radius 1 is 1.38 bits per heavy atom. The second-order valence-corrected chi connectivity index (χ2v) is 8.09. The summed E-state index contributed by atoms with van der Waals surface area (Å²) in [6.07, 6.45) is 3.41. The highest BCUT2D eigenvalue weighted by Gasteiger charge is 2.29. The molecule has 1 saturated heterocycles. The van der Waals surface area contributed by atoms with Crippen LogP contribution < -0.4 is 9.62 Å². The lowest BCUT2D eigenvalue weighted by molar-refractivity contribution is -0.384. The molecule has 1 fully saturated rings. The van der Waals surface area contributed by atoms with E-state index in [9.17, 15) is 18.5 Å². The molecule has 140 valence electrons. The van der Waals surface area contributed by atoms with Crippen molar-refractivity contribution in [2.24, 2.45) is 7.05 Å². The Labute approximate surface area is 151 Å². The molecule has 11 heteroatoms. The van der Waals surface area contributed by atoms with Crippen LogP contribution in [0.5, 0.6) is 0 Å². The third-order valence-electron chi connectivity index (χ3n) is 4.60. The first kappa shape index (κ1) is 18.3. The quantitative estimate of drug-likeness (QED) is 0.606. The number of rotatable bonds is 5. The van der Waals surface area contributed by atoms with Crippen LogP contribution in [0.1, 0.15) is 24.6 Å². The molecule has 1 aliphatic heterocycles. The highest BCUT2D eigenvalue weighted by Crippen LogP contribution is 2.35. The molecule has 1 aromatic carbocycles. The van der Waals surface area contributed by atoms with Gasteiger partial charge in [-0.15, -0.1) is 10.2 Å². The fourth-order valence-electron chi connectivity index (χ4n) is 3.27. The molecule has 0 spiro atoms. The van der Waals surface area contributed by atoms with Gasteiger partial charge in [-0.25, -0.2) is 13.1 Å². The molecular formula is C15H20N6O4S. The second kappa shape index (κ2) is 7.00. The van der Waals surface area contributed by atoms with Gasteiger partial charge in [0.05, 0.1) is 9.82 Å². The first-order chi connectivity index (χ1) is 12.3. The van der Waals surface area contributed by atoms with E-state index in [1.807, 2.05) is 16.5 Å². The minimum Gasteiger partial charge on any atom is -0.365 e. The predicted octanol–water partition coefficient (Wildman–Crippen LogP) is 1.02. The molecule has 1 N–H and O–H groups in total. The summed E-state index contributed by atoms with van der Waals surface area (Å²) < 4.78 is 27.9. The molecule has 1 aromatic heterocycles. The average Bonchev–Trinajstić information content (AvgIpc) is 3.07. The molecule has 1 unspecified atom stereocenters. The van der Waals surface area contributed by atoms with E-state index in [-0.39, 0.29) is 16.5 Å². The zero-order valence-electron chi connectivity index (χ0n) is 14.5. The molecule has 0 bridgehead atoms. The van der Waals surface area contributed by atoms with Gasteiger partial charge in [0.15, 0.2) is 0 Å². The van der Waals surface area contributed by atoms with Gasteiger partial charge in [-0.2, -0.15) is 0 Å². The standard InChI is InChI=1S/C15H20N6O4S/c1-16-26(24,25)12-5-6-13(14(8-12)21(22)23)20-7-3-4-11(9-20)15-18-17-10-19(15)2/h5-6,8,10-11,16H,3-4,7,9H2,1-2H3. The first-order valence-corrected chi connectivity index (χ1v) is 9.62. The minimum atomic E-state index is -3.75. The average molecular weight is 380 g/mol. The third-order valence-corrected chi connectivity index (χ3v) is 6.01. The number of sulfonamides is 1. The van der Waals surface area contributed by atoms with Crippen LogP contribution in [0, 0.1) is 10.1 Å². The smallest absolute Gasteiger partial charge is 0.293 e. The van der Waals surface area contributed by atoms with Crippen LogP contribution >= 0.6 is 0 Å². The van der Waals surface area contributed by atoms with Crippen LogP contribution in [0.3, 0.4) is 0 Å². The Balaban J connectivity index is 1.95. The van der Waals surface area contributed by atoms with Gasteiger partial charge < -0.3 is 9.47 Å². The maximum absolute atomic E-state index is 11.9. The zero-order valence-corrected chi connectivity index (χ0v) is 15.3. The Bertz CT molecular complexity index is 926. The number of nitro benzene ring substituents is 1. The maximum atomic E-state index is 11.9. The number of nitrogens with one attached hydrogen (secondary N) is 1. The highest BCUT2D eigenvalue weighted by atomic mass is 32.2. The normalized spacial score (nSPS) is 18.1. The number of hydrogen-bond donors (Lipinski definition) is 1. The van der Waals surface area contributed by atoms with Gasteiger partial charge in [-0.1, -0.05) is 0 Å². The maximum Gasteiger partial charge on any atom is 0.293 e. The molecule has 26 heavy (non-hydrogen) atoms. The van der Waals surface area contributed by atoms with Crippen molar-refractivity contribution in [3.63, 3.8) is 0 Å². The molecule has 1 atom stereocenters. The molecule has 2 heterocycles. The number of anilines is 1. The van der Waals surface area contributed by atoms with Crippen molar-refractivity contribution < 1.29 is 13.3 Å². The van der Waals surface area contributed by atoms with Crippen LogP contribution in [0.25, 0.3) is 0 Å². The van der Waals surface area contributed by atoms with Gasteiger partial charge in [0.25, 0.3) is 5.69 Å². The molecule has 0 saturated carbocycles. The van der Waals surface area contributed by atoms with Crippen LogP contribution in [0.2, 0.25) is 0 Å². The molecule has 0 aliphatic carbocycles. The van der Waals surface area contributed by atoms with E-state index < -0.39 is 14.9 Å². The van der Waals surface area contributed by atoms with Crippen LogP contribution in [-0.4, -0.2) is 48.2 Å². The Morgan fingerprint density at radius 3 is 2.77 bits per heavy atom. The zero-order chi connectivity index (χ0) is 18.9. The third kappa shape index (κ3) is 3.40. The highest BCUT2D eigenvalue weighted by molar-refractivity contribution is 7.89. The number of hydrogen-bond acceptors (Lipinski definition) is 7. The minimum absolute atomic E-state index is 0.108. The number of aryl methyl sites for hydroxylation is 1. The summed E-state index contributed by atoms with van der Waals surface area (Å²) in [7, 11) is -0.610. The monoisotopic (exact) mass is 380 g/mol. The Kier molecular flexibility index (Phi) is 4.92. The van der Waals surface area contributed by atoms with Crippen LogP contribution in [0.15, 0.2) is 29.4 Å². The summed E-state index contributed by atoms with van der Waals surface area (Å²) >= 11 is 0. The van der Waals surface area contributed by atoms with E-state index in [1.165, 1.54) is 19.2 Å². The van der Waals surface area contributed by atoms with Crippen molar-refractivity contribution in [3.8, 4) is 0 Å². The summed E-state index contributed by atoms with van der Waals surface area (Å²) in [4.78, 5) is 12.8. The fourth-order valence-corrected chi connectivity index (χ4v) is 4.02. The van der Waals surface area contributed by atoms with Gasteiger partial charge in [0.2, 0.25) is 10.0 Å². The van der Waals surface area contributed by atoms with Crippen molar-refractivity contribution in [3.05, 3.63) is 40.5 Å². The first-order valence-electron chi connectivity index (χ1n) is 8.14. The van der Waals surface area contributed by atoms with Crippen molar-refractivity contribution in [1.82, 2.24) is 19.5 Å². The lowest BCUT2D eigenvalue weighted by atomic mass is 9.96. The molecule has 3 rings (SSSR count). The largest absolute Gasteiger partial charge is 0.365 e. The number of benzene rings is 1. The summed E-state index contributed by atoms with van der Waals surface area (Å²) in [5.74, 6) is 0.948. The van der Waals surface area contributed by atoms with Crippen LogP contribution in [-0.2, 0) is 17.1 Å². The number of piperidine rings is 1. The Morgan fingerprint density at radius 2 is 2.15 bits per heavy atom. The van der Waals surface area contributed by atoms with Gasteiger partial charge >= 0.3 is 0 Å². The van der Waals surface area contributed by atoms with E-state index in [2.05, 4.69) is 14.9 Å². The van der Waals surface area contributed by atoms with Crippen molar-refractivity contribution >= 4 is 21.4 Å². The van der Waals surface area contributed by atoms with Crippen LogP contribution in [0.4, 0.5) is 11.4 Å². The number of nitrogens with zero attached hydrogens (tertiary/aromatic N) is 5. The second-order valence-electron chi connectivity index (χ2n) is 6.20. The fraction of sp³-hybridized carbons (Fsp3) is 0.467. The van der Waals surface area contributed by atoms with Crippen molar-refractivity contribution in [2.75, 3.05) is 25.0 Å².